The highest BCUT2D eigenvalue weighted by Crippen LogP contribution is 2.38. The molecule has 29 heavy (non-hydrogen) atoms. The monoisotopic (exact) mass is 395 g/mol. The molecule has 2 aromatic carbocycles. The van der Waals surface area contributed by atoms with Gasteiger partial charge in [0, 0.05) is 49.1 Å². The maximum Gasteiger partial charge on any atom is 0.238 e. The van der Waals surface area contributed by atoms with Crippen molar-refractivity contribution in [1.29, 1.82) is 0 Å². The zero-order valence-electron chi connectivity index (χ0n) is 15.9. The molecule has 1 aliphatic carbocycles. The smallest absolute Gasteiger partial charge is 0.238 e. The first-order chi connectivity index (χ1) is 13.8. The Labute approximate surface area is 167 Å². The van der Waals surface area contributed by atoms with Crippen LogP contribution in [0.4, 0.5) is 5.69 Å². The Bertz CT molecular complexity index is 1030. The molecule has 2 aliphatic rings. The van der Waals surface area contributed by atoms with Crippen LogP contribution in [-0.2, 0) is 4.79 Å². The van der Waals surface area contributed by atoms with Crippen molar-refractivity contribution in [2.75, 3.05) is 45.1 Å². The lowest BCUT2D eigenvalue weighted by atomic mass is 9.83. The van der Waals surface area contributed by atoms with E-state index >= 15 is 0 Å². The Hall–Kier alpha value is -3.23. The number of carbonyl (C=O) groups excluding carboxylic acids is 3. The summed E-state index contributed by atoms with van der Waals surface area (Å²) in [5.74, 6) is -2.10. The third kappa shape index (κ3) is 3.48. The summed E-state index contributed by atoms with van der Waals surface area (Å²) < 4.78 is 0. The highest BCUT2D eigenvalue weighted by molar-refractivity contribution is 6.30. The number of fused-ring (bicyclic) bond motifs is 2. The molecular formula is C21H21N3O5. The molecule has 0 unspecified atom stereocenters. The highest BCUT2D eigenvalue weighted by Gasteiger charge is 2.34. The average Bonchev–Trinajstić information content (AvgIpc) is 2.67. The van der Waals surface area contributed by atoms with Crippen LogP contribution in [0, 0.1) is 0 Å². The molecule has 0 bridgehead atoms. The number of aromatic hydroxyl groups is 2. The third-order valence-electron chi connectivity index (χ3n) is 5.35. The van der Waals surface area contributed by atoms with Crippen LogP contribution in [-0.4, -0.2) is 77.3 Å². The van der Waals surface area contributed by atoms with Gasteiger partial charge in [0.15, 0.2) is 5.78 Å². The molecule has 0 saturated carbocycles. The Balaban J connectivity index is 1.58. The van der Waals surface area contributed by atoms with E-state index in [-0.39, 0.29) is 46.1 Å². The lowest BCUT2D eigenvalue weighted by Gasteiger charge is -2.31. The van der Waals surface area contributed by atoms with Crippen LogP contribution in [0.3, 0.4) is 0 Å². The molecule has 2 aromatic rings. The molecule has 4 rings (SSSR count). The normalized spacial score (nSPS) is 17.0. The van der Waals surface area contributed by atoms with Crippen molar-refractivity contribution in [3.05, 3.63) is 52.6 Å². The van der Waals surface area contributed by atoms with E-state index in [1.807, 2.05) is 11.9 Å². The molecule has 150 valence electrons. The molecule has 1 amide bonds. The van der Waals surface area contributed by atoms with Gasteiger partial charge < -0.3 is 20.4 Å². The maximum absolute atomic E-state index is 12.8. The molecule has 0 atom stereocenters. The van der Waals surface area contributed by atoms with Gasteiger partial charge in [-0.3, -0.25) is 19.3 Å². The number of hydrogen-bond donors (Lipinski definition) is 3. The molecule has 3 N–H and O–H groups in total. The van der Waals surface area contributed by atoms with Gasteiger partial charge in [0.05, 0.1) is 17.7 Å². The van der Waals surface area contributed by atoms with Crippen LogP contribution >= 0.6 is 0 Å². The number of nitrogens with one attached hydrogen (secondary N) is 1. The average molecular weight is 395 g/mol. The lowest BCUT2D eigenvalue weighted by molar-refractivity contribution is -0.117. The second kappa shape index (κ2) is 7.31. The summed E-state index contributed by atoms with van der Waals surface area (Å²) >= 11 is 0. The zero-order valence-corrected chi connectivity index (χ0v) is 15.9. The second-order valence-electron chi connectivity index (χ2n) is 7.40. The van der Waals surface area contributed by atoms with Gasteiger partial charge in [0.25, 0.3) is 0 Å². The first-order valence-corrected chi connectivity index (χ1v) is 9.34. The van der Waals surface area contributed by atoms with E-state index < -0.39 is 17.3 Å². The van der Waals surface area contributed by atoms with Crippen molar-refractivity contribution < 1.29 is 24.6 Å². The van der Waals surface area contributed by atoms with Gasteiger partial charge in [-0.05, 0) is 19.2 Å². The van der Waals surface area contributed by atoms with Crippen LogP contribution in [0.1, 0.15) is 31.8 Å². The van der Waals surface area contributed by atoms with Crippen molar-refractivity contribution in [1.82, 2.24) is 9.80 Å². The van der Waals surface area contributed by atoms with E-state index in [0.717, 1.165) is 26.2 Å². The fourth-order valence-corrected chi connectivity index (χ4v) is 3.76. The summed E-state index contributed by atoms with van der Waals surface area (Å²) in [6, 6.07) is 6.89. The maximum atomic E-state index is 12.8. The summed E-state index contributed by atoms with van der Waals surface area (Å²) in [5.41, 5.74) is 0.0316. The van der Waals surface area contributed by atoms with Gasteiger partial charge in [0.1, 0.15) is 11.5 Å². The lowest BCUT2D eigenvalue weighted by Crippen LogP contribution is -2.47. The van der Waals surface area contributed by atoms with Crippen molar-refractivity contribution >= 4 is 23.2 Å². The summed E-state index contributed by atoms with van der Waals surface area (Å²) in [4.78, 5) is 42.2. The van der Waals surface area contributed by atoms with Gasteiger partial charge in [0.2, 0.25) is 11.7 Å². The Morgan fingerprint density at radius 1 is 0.966 bits per heavy atom. The zero-order chi connectivity index (χ0) is 20.7. The molecule has 8 nitrogen and oxygen atoms in total. The quantitative estimate of drug-likeness (QED) is 0.608. The van der Waals surface area contributed by atoms with Crippen LogP contribution in [0.15, 0.2) is 30.3 Å². The number of phenols is 2. The number of hydrogen-bond acceptors (Lipinski definition) is 7. The van der Waals surface area contributed by atoms with Gasteiger partial charge in [-0.1, -0.05) is 12.1 Å². The largest absolute Gasteiger partial charge is 0.507 e. The van der Waals surface area contributed by atoms with Crippen molar-refractivity contribution in [2.24, 2.45) is 0 Å². The number of anilines is 1. The van der Waals surface area contributed by atoms with Crippen LogP contribution in [0.5, 0.6) is 11.5 Å². The molecule has 1 fully saturated rings. The standard InChI is InChI=1S/C21H21N3O5/c1-23-5-7-24(8-6-23)11-17(27)22-12-9-14-19(16(26)10-12)21(29)18-13(20(14)28)3-2-4-15(18)25/h2-4,9-10,25-26H,5-8,11H2,1H3,(H,22,27). The van der Waals surface area contributed by atoms with E-state index in [2.05, 4.69) is 10.2 Å². The minimum atomic E-state index is -0.625. The number of ketones is 2. The molecule has 8 heteroatoms. The first-order valence-electron chi connectivity index (χ1n) is 9.34. The first kappa shape index (κ1) is 19.1. The molecule has 1 aliphatic heterocycles. The van der Waals surface area contributed by atoms with E-state index in [9.17, 15) is 24.6 Å². The summed E-state index contributed by atoms with van der Waals surface area (Å²) in [7, 11) is 2.03. The molecule has 0 spiro atoms. The number of amides is 1. The number of carbonyl (C=O) groups is 3. The predicted molar refractivity (Wildman–Crippen MR) is 106 cm³/mol. The molecule has 0 aromatic heterocycles. The Kier molecular flexibility index (Phi) is 4.81. The fraction of sp³-hybridized carbons (Fsp3) is 0.286. The third-order valence-corrected chi connectivity index (χ3v) is 5.35. The number of benzene rings is 2. The minimum absolute atomic E-state index is 0.00278. The van der Waals surface area contributed by atoms with E-state index in [1.54, 1.807) is 0 Å². The van der Waals surface area contributed by atoms with E-state index in [4.69, 9.17) is 0 Å². The summed E-state index contributed by atoms with van der Waals surface area (Å²) in [6.45, 7) is 3.54. The van der Waals surface area contributed by atoms with Crippen LogP contribution in [0.25, 0.3) is 0 Å². The minimum Gasteiger partial charge on any atom is -0.507 e. The number of phenolic OH excluding ortho intramolecular Hbond substituents is 2. The molecule has 0 radical (unpaired) electrons. The van der Waals surface area contributed by atoms with Crippen molar-refractivity contribution in [2.45, 2.75) is 0 Å². The van der Waals surface area contributed by atoms with Crippen molar-refractivity contribution in [3.63, 3.8) is 0 Å². The summed E-state index contributed by atoms with van der Waals surface area (Å²) in [5, 5.41) is 23.1. The van der Waals surface area contributed by atoms with Gasteiger partial charge >= 0.3 is 0 Å². The number of rotatable bonds is 3. The topological polar surface area (TPSA) is 110 Å². The number of piperazine rings is 1. The van der Waals surface area contributed by atoms with E-state index in [1.165, 1.54) is 30.3 Å². The van der Waals surface area contributed by atoms with Gasteiger partial charge in [-0.25, -0.2) is 0 Å². The molecule has 1 saturated heterocycles. The fourth-order valence-electron chi connectivity index (χ4n) is 3.76. The molecule has 1 heterocycles. The molecular weight excluding hydrogens is 374 g/mol. The number of likely N-dealkylation sites (N-methyl/N-ethyl adjacent to an activating group) is 1. The van der Waals surface area contributed by atoms with Gasteiger partial charge in [-0.2, -0.15) is 0 Å². The summed E-state index contributed by atoms with van der Waals surface area (Å²) in [6.07, 6.45) is 0. The second-order valence-corrected chi connectivity index (χ2v) is 7.40. The van der Waals surface area contributed by atoms with Crippen molar-refractivity contribution in [3.8, 4) is 11.5 Å². The van der Waals surface area contributed by atoms with Gasteiger partial charge in [-0.15, -0.1) is 0 Å². The Morgan fingerprint density at radius 3 is 2.38 bits per heavy atom. The SMILES string of the molecule is CN1CCN(CC(=O)Nc2cc(O)c3c(c2)C(=O)c2cccc(O)c2C3=O)CC1. The van der Waals surface area contributed by atoms with Crippen LogP contribution < -0.4 is 5.32 Å². The van der Waals surface area contributed by atoms with Crippen LogP contribution in [0.2, 0.25) is 0 Å². The highest BCUT2D eigenvalue weighted by atomic mass is 16.3. The Morgan fingerprint density at radius 2 is 1.66 bits per heavy atom. The number of nitrogens with zero attached hydrogens (tertiary/aromatic N) is 2. The predicted octanol–water partition coefficient (Wildman–Crippen LogP) is 1.06. The van der Waals surface area contributed by atoms with E-state index in [0.29, 0.717) is 0 Å².